The van der Waals surface area contributed by atoms with Crippen LogP contribution in [0.1, 0.15) is 37.4 Å². The van der Waals surface area contributed by atoms with Gasteiger partial charge in [-0.15, -0.1) is 0 Å². The molecule has 2 unspecified atom stereocenters. The molecule has 1 heterocycles. The lowest BCUT2D eigenvalue weighted by Crippen LogP contribution is -2.46. The molecule has 4 heteroatoms. The van der Waals surface area contributed by atoms with Crippen molar-refractivity contribution >= 4 is 5.91 Å². The Morgan fingerprint density at radius 2 is 2.16 bits per heavy atom. The van der Waals surface area contributed by atoms with Gasteiger partial charge in [0.1, 0.15) is 0 Å². The van der Waals surface area contributed by atoms with E-state index in [2.05, 4.69) is 28.8 Å². The molecular weight excluding hydrogens is 238 g/mol. The number of amides is 1. The predicted octanol–water partition coefficient (Wildman–Crippen LogP) is 1.32. The highest BCUT2D eigenvalue weighted by Crippen LogP contribution is 2.24. The first-order valence-corrected chi connectivity index (χ1v) is 6.93. The first kappa shape index (κ1) is 14.0. The fraction of sp³-hybridized carbons (Fsp3) is 0.533. The highest BCUT2D eigenvalue weighted by Gasteiger charge is 2.25. The average molecular weight is 261 g/mol. The summed E-state index contributed by atoms with van der Waals surface area (Å²) in [6.45, 7) is 5.86. The van der Waals surface area contributed by atoms with E-state index in [9.17, 15) is 4.79 Å². The Kier molecular flexibility index (Phi) is 4.56. The summed E-state index contributed by atoms with van der Waals surface area (Å²) in [5.74, 6) is -0.0782. The quantitative estimate of drug-likeness (QED) is 0.766. The summed E-state index contributed by atoms with van der Waals surface area (Å²) in [5.41, 5.74) is 8.07. The van der Waals surface area contributed by atoms with Gasteiger partial charge in [0.25, 0.3) is 0 Å². The number of nitrogens with one attached hydrogen (secondary N) is 2. The SMILES string of the molecule is CC(C)C(NC1CCNCc2ccccc21)C(N)=O. The van der Waals surface area contributed by atoms with Gasteiger partial charge in [-0.1, -0.05) is 38.1 Å². The number of carbonyl (C=O) groups is 1. The van der Waals surface area contributed by atoms with Gasteiger partial charge in [0.15, 0.2) is 0 Å². The van der Waals surface area contributed by atoms with Crippen LogP contribution in [0.4, 0.5) is 0 Å². The predicted molar refractivity (Wildman–Crippen MR) is 76.5 cm³/mol. The van der Waals surface area contributed by atoms with Gasteiger partial charge in [0, 0.05) is 12.6 Å². The zero-order valence-corrected chi connectivity index (χ0v) is 11.6. The van der Waals surface area contributed by atoms with Gasteiger partial charge in [0.05, 0.1) is 6.04 Å². The van der Waals surface area contributed by atoms with E-state index < -0.39 is 0 Å². The van der Waals surface area contributed by atoms with E-state index in [1.165, 1.54) is 11.1 Å². The summed E-state index contributed by atoms with van der Waals surface area (Å²) in [5, 5.41) is 6.85. The summed E-state index contributed by atoms with van der Waals surface area (Å²) in [6.07, 6.45) is 0.966. The van der Waals surface area contributed by atoms with Crippen molar-refractivity contribution in [1.82, 2.24) is 10.6 Å². The number of hydrogen-bond acceptors (Lipinski definition) is 3. The Morgan fingerprint density at radius 1 is 1.42 bits per heavy atom. The zero-order valence-electron chi connectivity index (χ0n) is 11.6. The second-order valence-corrected chi connectivity index (χ2v) is 5.51. The number of carbonyl (C=O) groups excluding carboxylic acids is 1. The molecule has 0 saturated carbocycles. The van der Waals surface area contributed by atoms with Crippen molar-refractivity contribution in [2.75, 3.05) is 6.54 Å². The van der Waals surface area contributed by atoms with Gasteiger partial charge in [-0.3, -0.25) is 10.1 Å². The maximum absolute atomic E-state index is 11.6. The monoisotopic (exact) mass is 261 g/mol. The zero-order chi connectivity index (χ0) is 13.8. The Balaban J connectivity index is 2.22. The third kappa shape index (κ3) is 3.33. The van der Waals surface area contributed by atoms with Crippen molar-refractivity contribution in [3.8, 4) is 0 Å². The maximum Gasteiger partial charge on any atom is 0.234 e. The van der Waals surface area contributed by atoms with E-state index in [4.69, 9.17) is 5.73 Å². The molecule has 1 aromatic rings. The molecule has 2 atom stereocenters. The van der Waals surface area contributed by atoms with Gasteiger partial charge < -0.3 is 11.1 Å². The molecule has 0 fully saturated rings. The molecule has 104 valence electrons. The first-order valence-electron chi connectivity index (χ1n) is 6.93. The summed E-state index contributed by atoms with van der Waals surface area (Å²) < 4.78 is 0. The minimum absolute atomic E-state index is 0.186. The standard InChI is InChI=1S/C15H23N3O/c1-10(2)14(15(16)19)18-13-7-8-17-9-11-5-3-4-6-12(11)13/h3-6,10,13-14,17-18H,7-9H2,1-2H3,(H2,16,19). The summed E-state index contributed by atoms with van der Waals surface area (Å²) in [6, 6.07) is 8.28. The third-order valence-electron chi connectivity index (χ3n) is 3.71. The molecule has 1 aromatic carbocycles. The lowest BCUT2D eigenvalue weighted by molar-refractivity contribution is -0.121. The molecule has 0 spiro atoms. The fourth-order valence-electron chi connectivity index (χ4n) is 2.65. The van der Waals surface area contributed by atoms with Crippen molar-refractivity contribution in [1.29, 1.82) is 0 Å². The van der Waals surface area contributed by atoms with Crippen LogP contribution in [0.15, 0.2) is 24.3 Å². The number of hydrogen-bond donors (Lipinski definition) is 3. The number of nitrogens with two attached hydrogens (primary N) is 1. The normalized spacial score (nSPS) is 20.7. The lowest BCUT2D eigenvalue weighted by atomic mass is 9.96. The fourth-order valence-corrected chi connectivity index (χ4v) is 2.65. The Morgan fingerprint density at radius 3 is 2.84 bits per heavy atom. The number of benzene rings is 1. The van der Waals surface area contributed by atoms with E-state index >= 15 is 0 Å². The molecule has 2 rings (SSSR count). The number of fused-ring (bicyclic) bond motifs is 1. The minimum Gasteiger partial charge on any atom is -0.368 e. The van der Waals surface area contributed by atoms with Crippen molar-refractivity contribution in [2.45, 2.75) is 38.9 Å². The Bertz CT molecular complexity index is 445. The summed E-state index contributed by atoms with van der Waals surface area (Å²) in [7, 11) is 0. The van der Waals surface area contributed by atoms with E-state index in [1.807, 2.05) is 19.9 Å². The van der Waals surface area contributed by atoms with Crippen LogP contribution in [0.3, 0.4) is 0 Å². The van der Waals surface area contributed by atoms with Gasteiger partial charge in [0.2, 0.25) is 5.91 Å². The molecule has 0 aromatic heterocycles. The first-order chi connectivity index (χ1) is 9.09. The summed E-state index contributed by atoms with van der Waals surface area (Å²) in [4.78, 5) is 11.6. The molecule has 4 N–H and O–H groups in total. The maximum atomic E-state index is 11.6. The average Bonchev–Trinajstić information content (AvgIpc) is 2.57. The van der Waals surface area contributed by atoms with Crippen LogP contribution >= 0.6 is 0 Å². The molecule has 0 saturated heterocycles. The molecular formula is C15H23N3O. The van der Waals surface area contributed by atoms with Crippen molar-refractivity contribution in [3.05, 3.63) is 35.4 Å². The van der Waals surface area contributed by atoms with Gasteiger partial charge in [-0.2, -0.15) is 0 Å². The van der Waals surface area contributed by atoms with Crippen LogP contribution in [0.25, 0.3) is 0 Å². The molecule has 0 radical (unpaired) electrons. The van der Waals surface area contributed by atoms with E-state index in [0.29, 0.717) is 0 Å². The highest BCUT2D eigenvalue weighted by atomic mass is 16.1. The van der Waals surface area contributed by atoms with Crippen LogP contribution < -0.4 is 16.4 Å². The van der Waals surface area contributed by atoms with Crippen LogP contribution in [0, 0.1) is 5.92 Å². The van der Waals surface area contributed by atoms with Crippen LogP contribution in [0.5, 0.6) is 0 Å². The third-order valence-corrected chi connectivity index (χ3v) is 3.71. The summed E-state index contributed by atoms with van der Waals surface area (Å²) >= 11 is 0. The van der Waals surface area contributed by atoms with Gasteiger partial charge >= 0.3 is 0 Å². The molecule has 19 heavy (non-hydrogen) atoms. The molecule has 0 aliphatic carbocycles. The highest BCUT2D eigenvalue weighted by molar-refractivity contribution is 5.80. The Hall–Kier alpha value is -1.39. The number of rotatable bonds is 4. The van der Waals surface area contributed by atoms with E-state index in [1.54, 1.807) is 0 Å². The van der Waals surface area contributed by atoms with Crippen LogP contribution in [-0.2, 0) is 11.3 Å². The van der Waals surface area contributed by atoms with Crippen LogP contribution in [-0.4, -0.2) is 18.5 Å². The molecule has 1 aliphatic rings. The number of primary amides is 1. The molecule has 0 bridgehead atoms. The molecule has 4 nitrogen and oxygen atoms in total. The van der Waals surface area contributed by atoms with Gasteiger partial charge in [-0.25, -0.2) is 0 Å². The minimum atomic E-state index is -0.281. The Labute approximate surface area is 114 Å². The van der Waals surface area contributed by atoms with Gasteiger partial charge in [-0.05, 0) is 30.0 Å². The van der Waals surface area contributed by atoms with E-state index in [0.717, 1.165) is 19.5 Å². The second kappa shape index (κ2) is 6.17. The topological polar surface area (TPSA) is 67.2 Å². The van der Waals surface area contributed by atoms with E-state index in [-0.39, 0.29) is 23.9 Å². The molecule has 1 amide bonds. The second-order valence-electron chi connectivity index (χ2n) is 5.51. The van der Waals surface area contributed by atoms with Crippen molar-refractivity contribution < 1.29 is 4.79 Å². The lowest BCUT2D eigenvalue weighted by Gasteiger charge is -2.26. The smallest absolute Gasteiger partial charge is 0.234 e. The van der Waals surface area contributed by atoms with Crippen molar-refractivity contribution in [3.63, 3.8) is 0 Å². The van der Waals surface area contributed by atoms with Crippen molar-refractivity contribution in [2.24, 2.45) is 11.7 Å². The molecule has 1 aliphatic heterocycles. The largest absolute Gasteiger partial charge is 0.368 e. The van der Waals surface area contributed by atoms with Crippen LogP contribution in [0.2, 0.25) is 0 Å².